The molecule has 0 heterocycles. The van der Waals surface area contributed by atoms with Crippen LogP contribution in [0.3, 0.4) is 0 Å². The van der Waals surface area contributed by atoms with Gasteiger partial charge in [-0.15, -0.1) is 0 Å². The van der Waals surface area contributed by atoms with Crippen molar-refractivity contribution in [1.82, 2.24) is 0 Å². The third-order valence-electron chi connectivity index (χ3n) is 3.57. The number of hydrogen-bond acceptors (Lipinski definition) is 0. The van der Waals surface area contributed by atoms with Gasteiger partial charge in [0, 0.05) is 0 Å². The summed E-state index contributed by atoms with van der Waals surface area (Å²) in [5.41, 5.74) is 5.80. The number of allylic oxidation sites excluding steroid dienone is 8. The summed E-state index contributed by atoms with van der Waals surface area (Å²) in [7, 11) is 0. The SMILES string of the molecule is CCC1=[C]([V+2]([CH3])[C]2=C(CC)C=CC2)CC=C1.[Cl-].[Cl-]. The third kappa shape index (κ3) is 3.57. The van der Waals surface area contributed by atoms with Crippen molar-refractivity contribution in [1.29, 1.82) is 0 Å². The van der Waals surface area contributed by atoms with E-state index in [4.69, 9.17) is 0 Å². The van der Waals surface area contributed by atoms with Gasteiger partial charge in [0.2, 0.25) is 0 Å². The van der Waals surface area contributed by atoms with E-state index in [0.29, 0.717) is 0 Å². The van der Waals surface area contributed by atoms with Crippen LogP contribution in [0.1, 0.15) is 39.5 Å². The van der Waals surface area contributed by atoms with Gasteiger partial charge in [0.1, 0.15) is 0 Å². The van der Waals surface area contributed by atoms with Crippen LogP contribution in [0, 0.1) is 0 Å². The number of halogens is 2. The van der Waals surface area contributed by atoms with E-state index in [0.717, 1.165) is 0 Å². The van der Waals surface area contributed by atoms with E-state index in [1.807, 2.05) is 0 Å². The average Bonchev–Trinajstić information content (AvgIpc) is 2.96. The summed E-state index contributed by atoms with van der Waals surface area (Å²) in [4.78, 5) is 0. The predicted octanol–water partition coefficient (Wildman–Crippen LogP) is -1.09. The third-order valence-corrected chi connectivity index (χ3v) is 7.57. The van der Waals surface area contributed by atoms with E-state index < -0.39 is 15.2 Å². The van der Waals surface area contributed by atoms with Crippen LogP contribution in [0.5, 0.6) is 0 Å². The summed E-state index contributed by atoms with van der Waals surface area (Å²) >= 11 is -0.897. The van der Waals surface area contributed by atoms with Crippen molar-refractivity contribution in [2.75, 3.05) is 0 Å². The van der Waals surface area contributed by atoms with E-state index in [1.54, 1.807) is 19.7 Å². The maximum atomic E-state index is 2.53. The molecule has 0 unspecified atom stereocenters. The molecule has 0 saturated heterocycles. The first-order valence-corrected chi connectivity index (χ1v) is 9.08. The van der Waals surface area contributed by atoms with Gasteiger partial charge >= 0.3 is 104 Å². The van der Waals surface area contributed by atoms with Gasteiger partial charge < -0.3 is 24.8 Å². The zero-order chi connectivity index (χ0) is 11.5. The Bertz CT molecular complexity index is 365. The van der Waals surface area contributed by atoms with Gasteiger partial charge in [-0.3, -0.25) is 0 Å². The van der Waals surface area contributed by atoms with Crippen LogP contribution in [0.25, 0.3) is 0 Å². The summed E-state index contributed by atoms with van der Waals surface area (Å²) in [6, 6.07) is 0. The summed E-state index contributed by atoms with van der Waals surface area (Å²) in [5, 5.41) is 0. The van der Waals surface area contributed by atoms with Crippen LogP contribution < -0.4 is 24.8 Å². The quantitative estimate of drug-likeness (QED) is 0.617. The number of rotatable bonds is 4. The molecule has 0 amide bonds. The molecular formula is C15H21Cl2V. The molecule has 2 rings (SSSR count). The van der Waals surface area contributed by atoms with Crippen molar-refractivity contribution in [3.8, 4) is 0 Å². The molecule has 2 aliphatic carbocycles. The van der Waals surface area contributed by atoms with Crippen LogP contribution in [0.15, 0.2) is 44.0 Å². The van der Waals surface area contributed by atoms with Gasteiger partial charge in [0.15, 0.2) is 0 Å². The Morgan fingerprint density at radius 3 is 1.61 bits per heavy atom. The van der Waals surface area contributed by atoms with Crippen molar-refractivity contribution >= 4 is 0 Å². The van der Waals surface area contributed by atoms with Crippen LogP contribution in [0.4, 0.5) is 0 Å². The zero-order valence-electron chi connectivity index (χ0n) is 11.3. The minimum absolute atomic E-state index is 0. The monoisotopic (exact) mass is 322 g/mol. The predicted molar refractivity (Wildman–Crippen MR) is 68.0 cm³/mol. The molecule has 0 aromatic rings. The molecule has 0 N–H and O–H groups in total. The van der Waals surface area contributed by atoms with Crippen LogP contribution in [0.2, 0.25) is 5.64 Å². The van der Waals surface area contributed by atoms with Crippen molar-refractivity contribution < 1.29 is 40.0 Å². The van der Waals surface area contributed by atoms with Crippen molar-refractivity contribution in [2.45, 2.75) is 45.2 Å². The van der Waals surface area contributed by atoms with Crippen molar-refractivity contribution in [2.24, 2.45) is 0 Å². The van der Waals surface area contributed by atoms with Gasteiger partial charge in [-0.05, 0) is 0 Å². The fourth-order valence-corrected chi connectivity index (χ4v) is 6.36. The van der Waals surface area contributed by atoms with Gasteiger partial charge in [0.25, 0.3) is 0 Å². The molecule has 0 radical (unpaired) electrons. The first-order chi connectivity index (χ1) is 7.77. The van der Waals surface area contributed by atoms with Gasteiger partial charge in [-0.2, -0.15) is 0 Å². The molecular weight excluding hydrogens is 302 g/mol. The van der Waals surface area contributed by atoms with Gasteiger partial charge in [-0.1, -0.05) is 0 Å². The molecule has 0 spiro atoms. The van der Waals surface area contributed by atoms with Crippen LogP contribution in [-0.2, 0) is 15.2 Å². The van der Waals surface area contributed by atoms with E-state index >= 15 is 0 Å². The van der Waals surface area contributed by atoms with E-state index in [1.165, 1.54) is 25.7 Å². The topological polar surface area (TPSA) is 0 Å². The molecule has 0 saturated carbocycles. The average molecular weight is 323 g/mol. The minimum atomic E-state index is -0.897. The first-order valence-electron chi connectivity index (χ1n) is 6.28. The molecule has 0 aromatic carbocycles. The van der Waals surface area contributed by atoms with Crippen molar-refractivity contribution in [3.63, 3.8) is 0 Å². The molecule has 3 heteroatoms. The molecule has 2 aliphatic rings. The van der Waals surface area contributed by atoms with Gasteiger partial charge in [0.05, 0.1) is 0 Å². The Morgan fingerprint density at radius 1 is 0.889 bits per heavy atom. The Hall–Kier alpha value is 0.124. The Kier molecular flexibility index (Phi) is 8.38. The van der Waals surface area contributed by atoms with E-state index in [9.17, 15) is 0 Å². The van der Waals surface area contributed by atoms with Crippen molar-refractivity contribution in [3.05, 3.63) is 44.0 Å². The molecule has 0 fully saturated rings. The molecule has 0 bridgehead atoms. The summed E-state index contributed by atoms with van der Waals surface area (Å²) in [6.07, 6.45) is 14.3. The fourth-order valence-electron chi connectivity index (χ4n) is 2.59. The molecule has 0 nitrogen and oxygen atoms in total. The maximum Gasteiger partial charge on any atom is -1.00 e. The van der Waals surface area contributed by atoms with E-state index in [-0.39, 0.29) is 24.8 Å². The second kappa shape index (κ2) is 8.33. The first kappa shape index (κ1) is 18.1. The summed E-state index contributed by atoms with van der Waals surface area (Å²) in [6.45, 7) is 4.57. The molecule has 0 aliphatic heterocycles. The minimum Gasteiger partial charge on any atom is -1.00 e. The normalized spacial score (nSPS) is 17.1. The Labute approximate surface area is 129 Å². The molecule has 100 valence electrons. The fraction of sp³-hybridized carbons (Fsp3) is 0.467. The maximum absolute atomic E-state index is 2.53. The van der Waals surface area contributed by atoms with E-state index in [2.05, 4.69) is 43.8 Å². The Balaban J connectivity index is 0.00000144. The van der Waals surface area contributed by atoms with Crippen LogP contribution in [-0.4, -0.2) is 0 Å². The number of hydrogen-bond donors (Lipinski definition) is 0. The second-order valence-electron chi connectivity index (χ2n) is 4.42. The largest absolute Gasteiger partial charge is 1.00 e. The second-order valence-corrected chi connectivity index (χ2v) is 7.85. The van der Waals surface area contributed by atoms with Crippen LogP contribution >= 0.6 is 0 Å². The Morgan fingerprint density at radius 2 is 1.28 bits per heavy atom. The smallest absolute Gasteiger partial charge is 1.00 e. The van der Waals surface area contributed by atoms with Gasteiger partial charge in [-0.25, -0.2) is 0 Å². The molecule has 18 heavy (non-hydrogen) atoms. The summed E-state index contributed by atoms with van der Waals surface area (Å²) in [5.74, 6) is 0. The summed E-state index contributed by atoms with van der Waals surface area (Å²) < 4.78 is 3.61. The zero-order valence-corrected chi connectivity index (χ0v) is 14.2. The standard InChI is InChI=1S/2C7H9.CH3.2ClH.V/c2*1-2-7-5-3-4-6-7;;;;/h2*3,5H,2,4H2,1H3;1H3;2*1H;/q;;;;;+2/p-2. The molecule has 0 atom stereocenters. The molecule has 0 aromatic heterocycles.